The zero-order valence-corrected chi connectivity index (χ0v) is 9.68. The van der Waals surface area contributed by atoms with Crippen molar-refractivity contribution >= 4 is 11.7 Å². The SMILES string of the molecule is O=C(O)CCCCCNc1ccc(F)c(F)c1F. The van der Waals surface area contributed by atoms with Gasteiger partial charge in [0.1, 0.15) is 0 Å². The van der Waals surface area contributed by atoms with E-state index in [-0.39, 0.29) is 12.1 Å². The third-order valence-electron chi connectivity index (χ3n) is 2.42. The molecule has 1 rings (SSSR count). The molecule has 0 unspecified atom stereocenters. The van der Waals surface area contributed by atoms with Crippen molar-refractivity contribution in [3.8, 4) is 0 Å². The molecule has 3 nitrogen and oxygen atoms in total. The molecule has 0 saturated heterocycles. The molecule has 0 amide bonds. The fraction of sp³-hybridized carbons (Fsp3) is 0.417. The first kappa shape index (κ1) is 14.3. The second-order valence-corrected chi connectivity index (χ2v) is 3.85. The summed E-state index contributed by atoms with van der Waals surface area (Å²) in [5.41, 5.74) is -0.0906. The van der Waals surface area contributed by atoms with E-state index in [4.69, 9.17) is 5.11 Å². The summed E-state index contributed by atoms with van der Waals surface area (Å²) in [5, 5.41) is 11.0. The van der Waals surface area contributed by atoms with E-state index in [0.29, 0.717) is 25.8 Å². The Morgan fingerprint density at radius 2 is 1.83 bits per heavy atom. The van der Waals surface area contributed by atoms with E-state index in [1.807, 2.05) is 0 Å². The van der Waals surface area contributed by atoms with Crippen molar-refractivity contribution in [3.63, 3.8) is 0 Å². The van der Waals surface area contributed by atoms with Gasteiger partial charge in [-0.25, -0.2) is 13.2 Å². The van der Waals surface area contributed by atoms with E-state index in [1.54, 1.807) is 0 Å². The van der Waals surface area contributed by atoms with E-state index in [0.717, 1.165) is 12.1 Å². The third-order valence-corrected chi connectivity index (χ3v) is 2.42. The molecule has 0 aliphatic carbocycles. The maximum atomic E-state index is 13.2. The van der Waals surface area contributed by atoms with Gasteiger partial charge in [0.15, 0.2) is 17.5 Å². The van der Waals surface area contributed by atoms with Crippen molar-refractivity contribution in [2.24, 2.45) is 0 Å². The van der Waals surface area contributed by atoms with Gasteiger partial charge in [-0.3, -0.25) is 4.79 Å². The van der Waals surface area contributed by atoms with E-state index < -0.39 is 23.4 Å². The molecular formula is C12H14F3NO2. The standard InChI is InChI=1S/C12H14F3NO2/c13-8-5-6-9(12(15)11(8)14)16-7-3-1-2-4-10(17)18/h5-6,16H,1-4,7H2,(H,17,18). The van der Waals surface area contributed by atoms with Crippen LogP contribution in [0.2, 0.25) is 0 Å². The van der Waals surface area contributed by atoms with Gasteiger partial charge in [0.2, 0.25) is 0 Å². The smallest absolute Gasteiger partial charge is 0.303 e. The van der Waals surface area contributed by atoms with Gasteiger partial charge in [-0.1, -0.05) is 6.42 Å². The lowest BCUT2D eigenvalue weighted by Gasteiger charge is -2.07. The normalized spacial score (nSPS) is 10.4. The summed E-state index contributed by atoms with van der Waals surface area (Å²) in [5.74, 6) is -4.81. The molecule has 0 spiro atoms. The number of carboxylic acids is 1. The molecule has 6 heteroatoms. The highest BCUT2D eigenvalue weighted by Gasteiger charge is 2.12. The Morgan fingerprint density at radius 1 is 1.11 bits per heavy atom. The summed E-state index contributed by atoms with van der Waals surface area (Å²) in [7, 11) is 0. The number of benzene rings is 1. The van der Waals surface area contributed by atoms with E-state index in [2.05, 4.69) is 5.32 Å². The lowest BCUT2D eigenvalue weighted by molar-refractivity contribution is -0.137. The predicted molar refractivity (Wildman–Crippen MR) is 60.9 cm³/mol. The number of hydrogen-bond acceptors (Lipinski definition) is 2. The first-order valence-corrected chi connectivity index (χ1v) is 5.61. The summed E-state index contributed by atoms with van der Waals surface area (Å²) < 4.78 is 38.7. The Morgan fingerprint density at radius 3 is 2.50 bits per heavy atom. The largest absolute Gasteiger partial charge is 0.481 e. The monoisotopic (exact) mass is 261 g/mol. The summed E-state index contributed by atoms with van der Waals surface area (Å²) in [6.45, 7) is 0.377. The molecule has 0 heterocycles. The molecule has 0 aliphatic heterocycles. The first-order valence-electron chi connectivity index (χ1n) is 5.61. The van der Waals surface area contributed by atoms with Crippen molar-refractivity contribution in [1.82, 2.24) is 0 Å². The number of carbonyl (C=O) groups is 1. The van der Waals surface area contributed by atoms with Gasteiger partial charge in [-0.2, -0.15) is 0 Å². The van der Waals surface area contributed by atoms with Crippen LogP contribution < -0.4 is 5.32 Å². The number of hydrogen-bond donors (Lipinski definition) is 2. The van der Waals surface area contributed by atoms with Crippen LogP contribution in [0, 0.1) is 17.5 Å². The van der Waals surface area contributed by atoms with Crippen molar-refractivity contribution in [3.05, 3.63) is 29.6 Å². The molecule has 0 aromatic heterocycles. The van der Waals surface area contributed by atoms with Gasteiger partial charge in [0.25, 0.3) is 0 Å². The minimum absolute atomic E-state index is 0.0906. The molecule has 0 fully saturated rings. The number of unbranched alkanes of at least 4 members (excludes halogenated alkanes) is 2. The molecule has 2 N–H and O–H groups in total. The Balaban J connectivity index is 2.32. The van der Waals surface area contributed by atoms with Crippen molar-refractivity contribution in [1.29, 1.82) is 0 Å². The van der Waals surface area contributed by atoms with Gasteiger partial charge in [-0.15, -0.1) is 0 Å². The summed E-state index contributed by atoms with van der Waals surface area (Å²) in [6, 6.07) is 1.98. The molecule has 100 valence electrons. The summed E-state index contributed by atoms with van der Waals surface area (Å²) >= 11 is 0. The molecule has 0 aliphatic rings. The Labute approximate surface area is 103 Å². The Hall–Kier alpha value is -1.72. The van der Waals surface area contributed by atoms with Crippen molar-refractivity contribution < 1.29 is 23.1 Å². The van der Waals surface area contributed by atoms with Crippen molar-refractivity contribution in [2.75, 3.05) is 11.9 Å². The predicted octanol–water partition coefficient (Wildman–Crippen LogP) is 3.16. The minimum Gasteiger partial charge on any atom is -0.481 e. The number of halogens is 3. The first-order chi connectivity index (χ1) is 8.52. The van der Waals surface area contributed by atoms with Crippen LogP contribution in [0.4, 0.5) is 18.9 Å². The Kier molecular flexibility index (Phi) is 5.48. The molecule has 1 aromatic rings. The number of nitrogens with one attached hydrogen (secondary N) is 1. The highest BCUT2D eigenvalue weighted by molar-refractivity contribution is 5.66. The topological polar surface area (TPSA) is 49.3 Å². The van der Waals surface area contributed by atoms with Crippen LogP contribution in [0.1, 0.15) is 25.7 Å². The second-order valence-electron chi connectivity index (χ2n) is 3.85. The zero-order valence-electron chi connectivity index (χ0n) is 9.68. The number of aliphatic carboxylic acids is 1. The third kappa shape index (κ3) is 4.27. The summed E-state index contributed by atoms with van der Waals surface area (Å²) in [4.78, 5) is 10.2. The maximum absolute atomic E-state index is 13.2. The van der Waals surface area contributed by atoms with Crippen LogP contribution in [0.5, 0.6) is 0 Å². The highest BCUT2D eigenvalue weighted by Crippen LogP contribution is 2.19. The maximum Gasteiger partial charge on any atom is 0.303 e. The highest BCUT2D eigenvalue weighted by atomic mass is 19.2. The van der Waals surface area contributed by atoms with Gasteiger partial charge in [0, 0.05) is 13.0 Å². The van der Waals surface area contributed by atoms with Crippen LogP contribution in [0.3, 0.4) is 0 Å². The summed E-state index contributed by atoms with van der Waals surface area (Å²) in [6.07, 6.45) is 1.94. The van der Waals surface area contributed by atoms with Crippen LogP contribution >= 0.6 is 0 Å². The fourth-order valence-corrected chi connectivity index (χ4v) is 1.46. The van der Waals surface area contributed by atoms with Gasteiger partial charge < -0.3 is 10.4 Å². The minimum atomic E-state index is -1.49. The van der Waals surface area contributed by atoms with Crippen LogP contribution in [0.25, 0.3) is 0 Å². The van der Waals surface area contributed by atoms with Crippen LogP contribution in [-0.4, -0.2) is 17.6 Å². The average molecular weight is 261 g/mol. The average Bonchev–Trinajstić information content (AvgIpc) is 2.33. The van der Waals surface area contributed by atoms with Gasteiger partial charge >= 0.3 is 5.97 Å². The Bertz CT molecular complexity index is 424. The number of anilines is 1. The molecule has 0 atom stereocenters. The van der Waals surface area contributed by atoms with E-state index in [9.17, 15) is 18.0 Å². The van der Waals surface area contributed by atoms with Gasteiger partial charge in [-0.05, 0) is 25.0 Å². The van der Waals surface area contributed by atoms with Gasteiger partial charge in [0.05, 0.1) is 5.69 Å². The molecular weight excluding hydrogens is 247 g/mol. The lowest BCUT2D eigenvalue weighted by Crippen LogP contribution is -2.05. The molecule has 18 heavy (non-hydrogen) atoms. The second kappa shape index (κ2) is 6.88. The quantitative estimate of drug-likeness (QED) is 0.585. The fourth-order valence-electron chi connectivity index (χ4n) is 1.46. The van der Waals surface area contributed by atoms with Crippen molar-refractivity contribution in [2.45, 2.75) is 25.7 Å². The van der Waals surface area contributed by atoms with Crippen LogP contribution in [0.15, 0.2) is 12.1 Å². The number of rotatable bonds is 7. The molecule has 0 radical (unpaired) electrons. The zero-order chi connectivity index (χ0) is 13.5. The number of carboxylic acid groups (broad SMARTS) is 1. The van der Waals surface area contributed by atoms with E-state index >= 15 is 0 Å². The molecule has 0 bridgehead atoms. The lowest BCUT2D eigenvalue weighted by atomic mass is 10.2. The van der Waals surface area contributed by atoms with Crippen LogP contribution in [-0.2, 0) is 4.79 Å². The van der Waals surface area contributed by atoms with E-state index in [1.165, 1.54) is 0 Å². The molecule has 0 saturated carbocycles. The molecule has 1 aromatic carbocycles.